The molecule has 0 bridgehead atoms. The quantitative estimate of drug-likeness (QED) is 0.600. The Hall–Kier alpha value is -2.24. The molecule has 164 valence electrons. The summed E-state index contributed by atoms with van der Waals surface area (Å²) < 4.78 is 69.5. The molecule has 0 fully saturated rings. The highest BCUT2D eigenvalue weighted by molar-refractivity contribution is 7.98. The number of nitrogens with one attached hydrogen (secondary N) is 2. The number of thioether (sulfide) groups is 1. The van der Waals surface area contributed by atoms with E-state index in [1.54, 1.807) is 6.26 Å². The zero-order valence-electron chi connectivity index (χ0n) is 16.6. The first-order valence-electron chi connectivity index (χ1n) is 8.80. The summed E-state index contributed by atoms with van der Waals surface area (Å²) in [6, 6.07) is 5.36. The summed E-state index contributed by atoms with van der Waals surface area (Å²) in [5.41, 5.74) is -0.438. The summed E-state index contributed by atoms with van der Waals surface area (Å²) in [6.07, 6.45) is 1.85. The van der Waals surface area contributed by atoms with E-state index in [-0.39, 0.29) is 17.8 Å². The van der Waals surface area contributed by atoms with Gasteiger partial charge in [0, 0.05) is 19.8 Å². The maximum atomic E-state index is 14.2. The van der Waals surface area contributed by atoms with E-state index in [1.165, 1.54) is 42.9 Å². The predicted octanol–water partition coefficient (Wildman–Crippen LogP) is 3.21. The van der Waals surface area contributed by atoms with Gasteiger partial charge >= 0.3 is 0 Å². The first kappa shape index (κ1) is 24.0. The highest BCUT2D eigenvalue weighted by Crippen LogP contribution is 2.26. The Labute approximate surface area is 177 Å². The maximum absolute atomic E-state index is 14.2. The van der Waals surface area contributed by atoms with Gasteiger partial charge in [-0.1, -0.05) is 12.1 Å². The van der Waals surface area contributed by atoms with Crippen LogP contribution in [0.1, 0.15) is 6.42 Å². The fourth-order valence-corrected chi connectivity index (χ4v) is 4.47. The van der Waals surface area contributed by atoms with Crippen LogP contribution in [-0.2, 0) is 14.8 Å². The molecule has 0 heterocycles. The highest BCUT2D eigenvalue weighted by Gasteiger charge is 2.28. The van der Waals surface area contributed by atoms with Crippen molar-refractivity contribution >= 4 is 39.1 Å². The molecular weight excluding hydrogens is 439 g/mol. The maximum Gasteiger partial charge on any atom is 0.244 e. The van der Waals surface area contributed by atoms with Crippen LogP contribution in [0, 0.1) is 17.5 Å². The van der Waals surface area contributed by atoms with Gasteiger partial charge in [-0.05, 0) is 42.7 Å². The van der Waals surface area contributed by atoms with Gasteiger partial charge in [-0.25, -0.2) is 21.6 Å². The van der Waals surface area contributed by atoms with Crippen LogP contribution in [-0.4, -0.2) is 46.5 Å². The number of sulfonamides is 1. The second kappa shape index (κ2) is 10.2. The lowest BCUT2D eigenvalue weighted by molar-refractivity contribution is -0.117. The Morgan fingerprint density at radius 1 is 1.10 bits per heavy atom. The van der Waals surface area contributed by atoms with E-state index in [4.69, 9.17) is 0 Å². The monoisotopic (exact) mass is 461 g/mol. The lowest BCUT2D eigenvalue weighted by Crippen LogP contribution is -2.44. The molecule has 0 saturated carbocycles. The van der Waals surface area contributed by atoms with Crippen molar-refractivity contribution in [1.29, 1.82) is 0 Å². The second-order valence-corrected chi connectivity index (χ2v) is 9.23. The zero-order chi connectivity index (χ0) is 22.5. The molecule has 2 N–H and O–H groups in total. The van der Waals surface area contributed by atoms with Crippen molar-refractivity contribution in [3.8, 4) is 0 Å². The van der Waals surface area contributed by atoms with E-state index in [2.05, 4.69) is 10.0 Å². The van der Waals surface area contributed by atoms with E-state index < -0.39 is 44.3 Å². The van der Waals surface area contributed by atoms with Crippen LogP contribution < -0.4 is 14.9 Å². The third kappa shape index (κ3) is 5.89. The summed E-state index contributed by atoms with van der Waals surface area (Å²) in [5.74, 6) is -3.14. The Morgan fingerprint density at radius 2 is 1.70 bits per heavy atom. The SMILES string of the molecule is CSCCC(NS(=O)(=O)c1ccccc1F)C(=O)Nc1cc(F)c(N(C)C)c(F)c1. The Kier molecular flexibility index (Phi) is 8.16. The standard InChI is InChI=1S/C19H22F3N3O3S2/c1-25(2)18-14(21)10-12(11-15(18)22)23-19(26)16(8-9-29-3)24-30(27,28)17-7-5-4-6-13(17)20/h4-7,10-11,16,24H,8-9H2,1-3H3,(H,23,26). The average Bonchev–Trinajstić information content (AvgIpc) is 2.64. The summed E-state index contributed by atoms with van der Waals surface area (Å²) in [5, 5.41) is 2.32. The van der Waals surface area contributed by atoms with E-state index in [0.29, 0.717) is 5.75 Å². The summed E-state index contributed by atoms with van der Waals surface area (Å²) in [7, 11) is -1.41. The minimum absolute atomic E-state index is 0.0848. The largest absolute Gasteiger partial charge is 0.373 e. The Morgan fingerprint density at radius 3 is 2.23 bits per heavy atom. The molecule has 30 heavy (non-hydrogen) atoms. The molecule has 0 aromatic heterocycles. The lowest BCUT2D eigenvalue weighted by Gasteiger charge is -2.20. The molecule has 11 heteroatoms. The molecule has 2 aromatic carbocycles. The molecule has 0 aliphatic rings. The fourth-order valence-electron chi connectivity index (χ4n) is 2.69. The zero-order valence-corrected chi connectivity index (χ0v) is 18.2. The summed E-state index contributed by atoms with van der Waals surface area (Å²) >= 11 is 1.37. The van der Waals surface area contributed by atoms with Gasteiger partial charge < -0.3 is 10.2 Å². The normalized spacial score (nSPS) is 12.5. The summed E-state index contributed by atoms with van der Waals surface area (Å²) in [6.45, 7) is 0. The van der Waals surface area contributed by atoms with Crippen LogP contribution in [0.15, 0.2) is 41.3 Å². The molecule has 0 saturated heterocycles. The van der Waals surface area contributed by atoms with Crippen LogP contribution in [0.4, 0.5) is 24.5 Å². The Bertz CT molecular complexity index is 994. The van der Waals surface area contributed by atoms with Crippen LogP contribution >= 0.6 is 11.8 Å². The smallest absolute Gasteiger partial charge is 0.244 e. The summed E-state index contributed by atoms with van der Waals surface area (Å²) in [4.78, 5) is 13.3. The van der Waals surface area contributed by atoms with Crippen LogP contribution in [0.2, 0.25) is 0 Å². The van der Waals surface area contributed by atoms with Crippen molar-refractivity contribution < 1.29 is 26.4 Å². The molecule has 0 aliphatic heterocycles. The lowest BCUT2D eigenvalue weighted by atomic mass is 10.2. The molecule has 6 nitrogen and oxygen atoms in total. The van der Waals surface area contributed by atoms with Gasteiger partial charge in [0.1, 0.15) is 22.4 Å². The molecule has 2 rings (SSSR count). The number of benzene rings is 2. The molecule has 1 amide bonds. The van der Waals surface area contributed by atoms with Crippen molar-refractivity contribution in [2.45, 2.75) is 17.4 Å². The van der Waals surface area contributed by atoms with E-state index in [0.717, 1.165) is 24.3 Å². The Balaban J connectivity index is 2.27. The number of hydrogen-bond acceptors (Lipinski definition) is 5. The number of nitrogens with zero attached hydrogens (tertiary/aromatic N) is 1. The van der Waals surface area contributed by atoms with Gasteiger partial charge in [-0.2, -0.15) is 16.5 Å². The average molecular weight is 462 g/mol. The topological polar surface area (TPSA) is 78.5 Å². The van der Waals surface area contributed by atoms with Crippen molar-refractivity contribution in [2.24, 2.45) is 0 Å². The number of anilines is 2. The number of rotatable bonds is 9. The van der Waals surface area contributed by atoms with Gasteiger partial charge in [0.15, 0.2) is 11.6 Å². The van der Waals surface area contributed by atoms with Gasteiger partial charge in [-0.3, -0.25) is 4.79 Å². The number of carbonyl (C=O) groups is 1. The molecule has 0 spiro atoms. The van der Waals surface area contributed by atoms with E-state index in [1.807, 2.05) is 0 Å². The van der Waals surface area contributed by atoms with E-state index in [9.17, 15) is 26.4 Å². The molecular formula is C19H22F3N3O3S2. The third-order valence-corrected chi connectivity index (χ3v) is 6.23. The second-order valence-electron chi connectivity index (χ2n) is 6.56. The first-order chi connectivity index (χ1) is 14.1. The van der Waals surface area contributed by atoms with Gasteiger partial charge in [0.2, 0.25) is 15.9 Å². The number of amides is 1. The van der Waals surface area contributed by atoms with Crippen LogP contribution in [0.5, 0.6) is 0 Å². The number of halogens is 3. The molecule has 2 aromatic rings. The highest BCUT2D eigenvalue weighted by atomic mass is 32.2. The van der Waals surface area contributed by atoms with Gasteiger partial charge in [0.25, 0.3) is 0 Å². The molecule has 1 atom stereocenters. The predicted molar refractivity (Wildman–Crippen MR) is 113 cm³/mol. The molecule has 1 unspecified atom stereocenters. The number of carbonyl (C=O) groups excluding carboxylic acids is 1. The van der Waals surface area contributed by atoms with Crippen LogP contribution in [0.3, 0.4) is 0 Å². The van der Waals surface area contributed by atoms with E-state index >= 15 is 0 Å². The van der Waals surface area contributed by atoms with Crippen molar-refractivity contribution in [3.63, 3.8) is 0 Å². The molecule has 0 radical (unpaired) electrons. The minimum atomic E-state index is -4.34. The third-order valence-electron chi connectivity index (χ3n) is 4.08. The molecule has 0 aliphatic carbocycles. The van der Waals surface area contributed by atoms with Crippen molar-refractivity contribution in [2.75, 3.05) is 36.3 Å². The van der Waals surface area contributed by atoms with Crippen molar-refractivity contribution in [3.05, 3.63) is 53.8 Å². The fraction of sp³-hybridized carbons (Fsp3) is 0.316. The van der Waals surface area contributed by atoms with Gasteiger partial charge in [0.05, 0.1) is 0 Å². The van der Waals surface area contributed by atoms with Crippen LogP contribution in [0.25, 0.3) is 0 Å². The number of hydrogen-bond donors (Lipinski definition) is 2. The first-order valence-corrected chi connectivity index (χ1v) is 11.7. The van der Waals surface area contributed by atoms with Crippen molar-refractivity contribution in [1.82, 2.24) is 4.72 Å². The van der Waals surface area contributed by atoms with Gasteiger partial charge in [-0.15, -0.1) is 0 Å². The minimum Gasteiger partial charge on any atom is -0.373 e.